The zero-order chi connectivity index (χ0) is 18.9. The molecule has 1 aromatic carbocycles. The highest BCUT2D eigenvalue weighted by Crippen LogP contribution is 2.27. The number of amides is 2. The average molecular weight is 369 g/mol. The van der Waals surface area contributed by atoms with Gasteiger partial charge < -0.3 is 15.7 Å². The molecule has 0 aliphatic rings. The molecule has 138 valence electrons. The molecule has 0 saturated carbocycles. The van der Waals surface area contributed by atoms with Crippen LogP contribution in [0.25, 0.3) is 0 Å². The van der Waals surface area contributed by atoms with Gasteiger partial charge in [0.2, 0.25) is 11.8 Å². The first-order valence-electron chi connectivity index (χ1n) is 8.42. The summed E-state index contributed by atoms with van der Waals surface area (Å²) in [6, 6.07) is 6.37. The summed E-state index contributed by atoms with van der Waals surface area (Å²) in [5.41, 5.74) is -1.05. The van der Waals surface area contributed by atoms with Crippen LogP contribution in [0.15, 0.2) is 24.3 Å². The summed E-state index contributed by atoms with van der Waals surface area (Å²) in [6.07, 6.45) is 1.72. The lowest BCUT2D eigenvalue weighted by atomic mass is 9.87. The average Bonchev–Trinajstić information content (AvgIpc) is 2.58. The molecule has 7 heteroatoms. The monoisotopic (exact) mass is 368 g/mol. The normalized spacial score (nSPS) is 12.9. The third-order valence-electron chi connectivity index (χ3n) is 3.97. The summed E-state index contributed by atoms with van der Waals surface area (Å²) in [4.78, 5) is 35.6. The maximum absolute atomic E-state index is 12.2. The van der Waals surface area contributed by atoms with Crippen molar-refractivity contribution >= 4 is 29.4 Å². The number of carboxylic acid groups (broad SMARTS) is 1. The summed E-state index contributed by atoms with van der Waals surface area (Å²) < 4.78 is 0. The SMILES string of the molecule is CCCNC(=O)CCCC(=O)NC(CC)(C(=O)O)c1ccc(Cl)cc1. The number of rotatable bonds is 10. The van der Waals surface area contributed by atoms with Crippen molar-refractivity contribution in [3.05, 3.63) is 34.9 Å². The van der Waals surface area contributed by atoms with E-state index in [4.69, 9.17) is 11.6 Å². The largest absolute Gasteiger partial charge is 0.479 e. The molecule has 1 aromatic rings. The molecule has 1 rings (SSSR count). The number of carbonyl (C=O) groups is 3. The molecule has 2 amide bonds. The smallest absolute Gasteiger partial charge is 0.334 e. The Morgan fingerprint density at radius 3 is 2.20 bits per heavy atom. The Labute approximate surface area is 152 Å². The van der Waals surface area contributed by atoms with E-state index < -0.39 is 17.4 Å². The Balaban J connectivity index is 2.72. The number of benzene rings is 1. The maximum Gasteiger partial charge on any atom is 0.334 e. The van der Waals surface area contributed by atoms with Crippen molar-refractivity contribution in [3.8, 4) is 0 Å². The molecule has 0 aliphatic heterocycles. The van der Waals surface area contributed by atoms with Crippen molar-refractivity contribution in [2.45, 2.75) is 51.5 Å². The fraction of sp³-hybridized carbons (Fsp3) is 0.500. The van der Waals surface area contributed by atoms with Crippen LogP contribution in [-0.4, -0.2) is 29.4 Å². The minimum atomic E-state index is -1.51. The first-order valence-corrected chi connectivity index (χ1v) is 8.80. The molecule has 0 radical (unpaired) electrons. The van der Waals surface area contributed by atoms with Crippen LogP contribution < -0.4 is 10.6 Å². The number of aliphatic carboxylic acids is 1. The van der Waals surface area contributed by atoms with Crippen LogP contribution in [0.2, 0.25) is 5.02 Å². The first kappa shape index (κ1) is 21.0. The van der Waals surface area contributed by atoms with Gasteiger partial charge in [0.25, 0.3) is 0 Å². The van der Waals surface area contributed by atoms with Crippen LogP contribution in [0.5, 0.6) is 0 Å². The number of carboxylic acids is 1. The van der Waals surface area contributed by atoms with Gasteiger partial charge in [-0.3, -0.25) is 9.59 Å². The van der Waals surface area contributed by atoms with E-state index in [1.807, 2.05) is 6.92 Å². The van der Waals surface area contributed by atoms with E-state index in [1.165, 1.54) is 0 Å². The van der Waals surface area contributed by atoms with Crippen LogP contribution >= 0.6 is 11.6 Å². The number of nitrogens with one attached hydrogen (secondary N) is 2. The lowest BCUT2D eigenvalue weighted by Crippen LogP contribution is -2.51. The summed E-state index contributed by atoms with van der Waals surface area (Å²) in [5, 5.41) is 15.5. The minimum absolute atomic E-state index is 0.0855. The molecule has 6 nitrogen and oxygen atoms in total. The van der Waals surface area contributed by atoms with Gasteiger partial charge in [0, 0.05) is 24.4 Å². The molecule has 0 saturated heterocycles. The van der Waals surface area contributed by atoms with Gasteiger partial charge in [-0.2, -0.15) is 0 Å². The molecule has 1 unspecified atom stereocenters. The second kappa shape index (κ2) is 10.0. The zero-order valence-corrected chi connectivity index (χ0v) is 15.4. The van der Waals surface area contributed by atoms with Gasteiger partial charge in [0.05, 0.1) is 0 Å². The zero-order valence-electron chi connectivity index (χ0n) is 14.6. The highest BCUT2D eigenvalue weighted by atomic mass is 35.5. The van der Waals surface area contributed by atoms with Crippen molar-refractivity contribution in [3.63, 3.8) is 0 Å². The van der Waals surface area contributed by atoms with Crippen molar-refractivity contribution in [1.29, 1.82) is 0 Å². The number of hydrogen-bond acceptors (Lipinski definition) is 3. The molecule has 0 fully saturated rings. The first-order chi connectivity index (χ1) is 11.9. The molecule has 25 heavy (non-hydrogen) atoms. The Morgan fingerprint density at radius 1 is 1.08 bits per heavy atom. The highest BCUT2D eigenvalue weighted by molar-refractivity contribution is 6.30. The van der Waals surface area contributed by atoms with Crippen molar-refractivity contribution in [2.24, 2.45) is 0 Å². The Bertz CT molecular complexity index is 604. The van der Waals surface area contributed by atoms with E-state index in [0.29, 0.717) is 23.6 Å². The number of halogens is 1. The summed E-state index contributed by atoms with van der Waals surface area (Å²) in [6.45, 7) is 4.27. The fourth-order valence-electron chi connectivity index (χ4n) is 2.49. The lowest BCUT2D eigenvalue weighted by Gasteiger charge is -2.30. The Hall–Kier alpha value is -2.08. The van der Waals surface area contributed by atoms with Gasteiger partial charge in [0.1, 0.15) is 0 Å². The quantitative estimate of drug-likeness (QED) is 0.591. The number of carbonyl (C=O) groups excluding carboxylic acids is 2. The van der Waals surface area contributed by atoms with Gasteiger partial charge in [-0.25, -0.2) is 4.79 Å². The van der Waals surface area contributed by atoms with Crippen LogP contribution in [0.3, 0.4) is 0 Å². The molecule has 0 spiro atoms. The summed E-state index contributed by atoms with van der Waals surface area (Å²) >= 11 is 5.85. The van der Waals surface area contributed by atoms with Crippen molar-refractivity contribution in [2.75, 3.05) is 6.54 Å². The van der Waals surface area contributed by atoms with E-state index in [-0.39, 0.29) is 25.2 Å². The molecule has 0 aromatic heterocycles. The van der Waals surface area contributed by atoms with Crippen molar-refractivity contribution < 1.29 is 19.5 Å². The predicted octanol–water partition coefficient (Wildman–Crippen LogP) is 2.84. The van der Waals surface area contributed by atoms with E-state index >= 15 is 0 Å². The topological polar surface area (TPSA) is 95.5 Å². The van der Waals surface area contributed by atoms with Gasteiger partial charge in [0.15, 0.2) is 5.54 Å². The highest BCUT2D eigenvalue weighted by Gasteiger charge is 2.40. The molecule has 0 bridgehead atoms. The Morgan fingerprint density at radius 2 is 1.68 bits per heavy atom. The second-order valence-corrected chi connectivity index (χ2v) is 6.26. The van der Waals surface area contributed by atoms with Crippen LogP contribution in [0.4, 0.5) is 0 Å². The summed E-state index contributed by atoms with van der Waals surface area (Å²) in [5.74, 6) is -1.64. The van der Waals surface area contributed by atoms with Crippen LogP contribution in [0, 0.1) is 0 Å². The predicted molar refractivity (Wildman–Crippen MR) is 96.4 cm³/mol. The maximum atomic E-state index is 12.2. The van der Waals surface area contributed by atoms with Gasteiger partial charge >= 0.3 is 5.97 Å². The lowest BCUT2D eigenvalue weighted by molar-refractivity contribution is -0.148. The minimum Gasteiger partial charge on any atom is -0.479 e. The third kappa shape index (κ3) is 6.05. The van der Waals surface area contributed by atoms with E-state index in [0.717, 1.165) is 6.42 Å². The Kier molecular flexibility index (Phi) is 8.41. The molecule has 1 atom stereocenters. The van der Waals surface area contributed by atoms with Crippen molar-refractivity contribution in [1.82, 2.24) is 10.6 Å². The van der Waals surface area contributed by atoms with Crippen LogP contribution in [-0.2, 0) is 19.9 Å². The van der Waals surface area contributed by atoms with Gasteiger partial charge in [-0.05, 0) is 37.0 Å². The molecular weight excluding hydrogens is 344 g/mol. The second-order valence-electron chi connectivity index (χ2n) is 5.82. The van der Waals surface area contributed by atoms with Gasteiger partial charge in [-0.15, -0.1) is 0 Å². The molecule has 3 N–H and O–H groups in total. The van der Waals surface area contributed by atoms with E-state index in [2.05, 4.69) is 10.6 Å². The van der Waals surface area contributed by atoms with E-state index in [1.54, 1.807) is 31.2 Å². The summed E-state index contributed by atoms with van der Waals surface area (Å²) in [7, 11) is 0. The molecule has 0 aliphatic carbocycles. The molecular formula is C18H25ClN2O4. The number of hydrogen-bond donors (Lipinski definition) is 3. The molecule has 0 heterocycles. The van der Waals surface area contributed by atoms with Crippen LogP contribution in [0.1, 0.15) is 51.5 Å². The van der Waals surface area contributed by atoms with E-state index in [9.17, 15) is 19.5 Å². The fourth-order valence-corrected chi connectivity index (χ4v) is 2.62. The standard InChI is InChI=1S/C18H25ClN2O4/c1-3-12-20-15(22)6-5-7-16(23)21-18(4-2,17(24)25)13-8-10-14(19)11-9-13/h8-11H,3-7,12H2,1-2H3,(H,20,22)(H,21,23)(H,24,25). The third-order valence-corrected chi connectivity index (χ3v) is 4.22. The van der Waals surface area contributed by atoms with Gasteiger partial charge in [-0.1, -0.05) is 37.6 Å².